The van der Waals surface area contributed by atoms with E-state index in [2.05, 4.69) is 43.4 Å². The van der Waals surface area contributed by atoms with Crippen LogP contribution in [-0.4, -0.2) is 17.7 Å². The van der Waals surface area contributed by atoms with E-state index in [1.165, 1.54) is 11.1 Å². The highest BCUT2D eigenvalue weighted by Crippen LogP contribution is 2.15. The zero-order valence-corrected chi connectivity index (χ0v) is 13.0. The third-order valence-electron chi connectivity index (χ3n) is 3.54. The lowest BCUT2D eigenvalue weighted by atomic mass is 10.0. The average Bonchev–Trinajstić information content (AvgIpc) is 2.97. The summed E-state index contributed by atoms with van der Waals surface area (Å²) in [6.45, 7) is 4.92. The van der Waals surface area contributed by atoms with E-state index in [1.807, 2.05) is 16.8 Å². The normalized spacial score (nSPS) is 14.2. The van der Waals surface area contributed by atoms with Gasteiger partial charge in [-0.05, 0) is 54.6 Å². The molecule has 0 spiro atoms. The highest BCUT2D eigenvalue weighted by Gasteiger charge is 2.09. The van der Waals surface area contributed by atoms with Crippen molar-refractivity contribution in [2.45, 2.75) is 38.8 Å². The van der Waals surface area contributed by atoms with Gasteiger partial charge in [0.15, 0.2) is 0 Å². The average molecular weight is 289 g/mol. The molecule has 1 aromatic carbocycles. The lowest BCUT2D eigenvalue weighted by Crippen LogP contribution is -2.30. The van der Waals surface area contributed by atoms with E-state index >= 15 is 0 Å². The van der Waals surface area contributed by atoms with E-state index in [4.69, 9.17) is 0 Å². The molecule has 0 saturated carbocycles. The molecule has 2 N–H and O–H groups in total. The molecule has 0 saturated heterocycles. The zero-order chi connectivity index (χ0) is 14.4. The van der Waals surface area contributed by atoms with E-state index in [0.717, 1.165) is 18.4 Å². The van der Waals surface area contributed by atoms with Crippen molar-refractivity contribution >= 4 is 11.3 Å². The van der Waals surface area contributed by atoms with Crippen molar-refractivity contribution in [1.29, 1.82) is 0 Å². The van der Waals surface area contributed by atoms with Gasteiger partial charge in [0.05, 0.1) is 6.10 Å². The minimum atomic E-state index is -0.400. The number of benzene rings is 1. The van der Waals surface area contributed by atoms with Crippen molar-refractivity contribution in [2.75, 3.05) is 6.54 Å². The third kappa shape index (κ3) is 4.75. The zero-order valence-electron chi connectivity index (χ0n) is 12.2. The Labute approximate surface area is 125 Å². The summed E-state index contributed by atoms with van der Waals surface area (Å²) in [4.78, 5) is 0. The fourth-order valence-electron chi connectivity index (χ4n) is 2.25. The summed E-state index contributed by atoms with van der Waals surface area (Å²) in [5, 5.41) is 17.4. The van der Waals surface area contributed by atoms with Gasteiger partial charge >= 0.3 is 0 Å². The monoisotopic (exact) mass is 289 g/mol. The van der Waals surface area contributed by atoms with Crippen molar-refractivity contribution in [3.63, 3.8) is 0 Å². The number of aryl methyl sites for hydroxylation is 2. The lowest BCUT2D eigenvalue weighted by Gasteiger charge is -2.16. The first kappa shape index (κ1) is 15.2. The Kier molecular flexibility index (Phi) is 5.77. The van der Waals surface area contributed by atoms with Crippen LogP contribution in [0.1, 0.15) is 36.1 Å². The summed E-state index contributed by atoms with van der Waals surface area (Å²) >= 11 is 1.62. The molecular weight excluding hydrogens is 266 g/mol. The maximum absolute atomic E-state index is 10.0. The Morgan fingerprint density at radius 1 is 1.30 bits per heavy atom. The van der Waals surface area contributed by atoms with Gasteiger partial charge < -0.3 is 10.4 Å². The second-order valence-corrected chi connectivity index (χ2v) is 6.19. The van der Waals surface area contributed by atoms with Crippen molar-refractivity contribution in [1.82, 2.24) is 5.32 Å². The van der Waals surface area contributed by atoms with Gasteiger partial charge in [0, 0.05) is 12.6 Å². The van der Waals surface area contributed by atoms with Gasteiger partial charge in [0.1, 0.15) is 0 Å². The maximum atomic E-state index is 10.0. The Hall–Kier alpha value is -1.16. The van der Waals surface area contributed by atoms with Gasteiger partial charge in [-0.1, -0.05) is 29.8 Å². The molecule has 0 aliphatic carbocycles. The number of aliphatic hydroxyl groups is 1. The van der Waals surface area contributed by atoms with Crippen molar-refractivity contribution in [3.8, 4) is 0 Å². The Bertz CT molecular complexity index is 509. The second kappa shape index (κ2) is 7.58. The fraction of sp³-hybridized carbons (Fsp3) is 0.412. The van der Waals surface area contributed by atoms with Gasteiger partial charge in [0.2, 0.25) is 0 Å². The van der Waals surface area contributed by atoms with Crippen molar-refractivity contribution in [3.05, 3.63) is 57.8 Å². The minimum Gasteiger partial charge on any atom is -0.387 e. The molecule has 108 valence electrons. The number of nitrogens with one attached hydrogen (secondary N) is 1. The van der Waals surface area contributed by atoms with Gasteiger partial charge in [-0.3, -0.25) is 0 Å². The largest absolute Gasteiger partial charge is 0.387 e. The molecule has 0 aliphatic heterocycles. The molecule has 3 heteroatoms. The van der Waals surface area contributed by atoms with Crippen LogP contribution in [0.2, 0.25) is 0 Å². The molecule has 2 rings (SSSR count). The summed E-state index contributed by atoms with van der Waals surface area (Å²) in [5.41, 5.74) is 3.71. The number of hydrogen-bond donors (Lipinski definition) is 2. The van der Waals surface area contributed by atoms with Crippen LogP contribution in [0.3, 0.4) is 0 Å². The van der Waals surface area contributed by atoms with Crippen LogP contribution < -0.4 is 5.32 Å². The number of rotatable bonds is 7. The number of aliphatic hydroxyl groups excluding tert-OH is 1. The molecular formula is C17H23NOS. The molecule has 0 aliphatic rings. The first-order chi connectivity index (χ1) is 9.65. The van der Waals surface area contributed by atoms with E-state index in [1.54, 1.807) is 11.3 Å². The van der Waals surface area contributed by atoms with Crippen LogP contribution in [-0.2, 0) is 6.42 Å². The summed E-state index contributed by atoms with van der Waals surface area (Å²) in [6, 6.07) is 11.1. The highest BCUT2D eigenvalue weighted by molar-refractivity contribution is 7.07. The molecule has 2 unspecified atom stereocenters. The summed E-state index contributed by atoms with van der Waals surface area (Å²) < 4.78 is 0. The summed E-state index contributed by atoms with van der Waals surface area (Å²) in [5.74, 6) is 0. The molecule has 1 heterocycles. The molecule has 0 fully saturated rings. The molecule has 2 aromatic rings. The highest BCUT2D eigenvalue weighted by atomic mass is 32.1. The number of thiophene rings is 1. The Balaban J connectivity index is 1.71. The number of hydrogen-bond acceptors (Lipinski definition) is 3. The smallest absolute Gasteiger partial charge is 0.0922 e. The van der Waals surface area contributed by atoms with E-state index < -0.39 is 6.10 Å². The SMILES string of the molecule is Cc1cccc(CCC(C)NCC(O)c2ccsc2)c1. The Morgan fingerprint density at radius 3 is 2.85 bits per heavy atom. The van der Waals surface area contributed by atoms with Crippen molar-refractivity contribution < 1.29 is 5.11 Å². The lowest BCUT2D eigenvalue weighted by molar-refractivity contribution is 0.170. The molecule has 20 heavy (non-hydrogen) atoms. The molecule has 0 radical (unpaired) electrons. The molecule has 2 atom stereocenters. The van der Waals surface area contributed by atoms with E-state index in [0.29, 0.717) is 12.6 Å². The van der Waals surface area contributed by atoms with Crippen LogP contribution in [0.15, 0.2) is 41.1 Å². The summed E-state index contributed by atoms with van der Waals surface area (Å²) in [6.07, 6.45) is 1.76. The van der Waals surface area contributed by atoms with E-state index in [9.17, 15) is 5.11 Å². The topological polar surface area (TPSA) is 32.3 Å². The van der Waals surface area contributed by atoms with Gasteiger partial charge in [-0.25, -0.2) is 0 Å². The van der Waals surface area contributed by atoms with Gasteiger partial charge in [-0.2, -0.15) is 11.3 Å². The fourth-order valence-corrected chi connectivity index (χ4v) is 2.96. The first-order valence-corrected chi connectivity index (χ1v) is 8.08. The minimum absolute atomic E-state index is 0.400. The first-order valence-electron chi connectivity index (χ1n) is 7.14. The summed E-state index contributed by atoms with van der Waals surface area (Å²) in [7, 11) is 0. The molecule has 0 bridgehead atoms. The van der Waals surface area contributed by atoms with E-state index in [-0.39, 0.29) is 0 Å². The van der Waals surface area contributed by atoms with Crippen LogP contribution in [0.4, 0.5) is 0 Å². The van der Waals surface area contributed by atoms with Crippen LogP contribution in [0.25, 0.3) is 0 Å². The predicted octanol–water partition coefficient (Wildman–Crippen LogP) is 3.70. The van der Waals surface area contributed by atoms with Gasteiger partial charge in [-0.15, -0.1) is 0 Å². The van der Waals surface area contributed by atoms with Crippen LogP contribution in [0.5, 0.6) is 0 Å². The standard InChI is InChI=1S/C17H23NOS/c1-13-4-3-5-15(10-13)7-6-14(2)18-11-17(19)16-8-9-20-12-16/h3-5,8-10,12,14,17-19H,6-7,11H2,1-2H3. The molecule has 1 aromatic heterocycles. The Morgan fingerprint density at radius 2 is 2.15 bits per heavy atom. The quantitative estimate of drug-likeness (QED) is 0.814. The predicted molar refractivity (Wildman–Crippen MR) is 86.2 cm³/mol. The second-order valence-electron chi connectivity index (χ2n) is 5.41. The third-order valence-corrected chi connectivity index (χ3v) is 4.24. The van der Waals surface area contributed by atoms with Gasteiger partial charge in [0.25, 0.3) is 0 Å². The van der Waals surface area contributed by atoms with Crippen molar-refractivity contribution in [2.24, 2.45) is 0 Å². The maximum Gasteiger partial charge on any atom is 0.0922 e. The molecule has 2 nitrogen and oxygen atoms in total. The van der Waals surface area contributed by atoms with Crippen LogP contribution in [0, 0.1) is 6.92 Å². The van der Waals surface area contributed by atoms with Crippen LogP contribution >= 0.6 is 11.3 Å². The molecule has 0 amide bonds.